The quantitative estimate of drug-likeness (QED) is 0.334. The van der Waals surface area contributed by atoms with E-state index in [4.69, 9.17) is 5.73 Å². The van der Waals surface area contributed by atoms with Gasteiger partial charge in [-0.1, -0.05) is 30.0 Å². The predicted molar refractivity (Wildman–Crippen MR) is 120 cm³/mol. The summed E-state index contributed by atoms with van der Waals surface area (Å²) in [7, 11) is 0. The van der Waals surface area contributed by atoms with E-state index in [0.29, 0.717) is 33.2 Å². The van der Waals surface area contributed by atoms with Crippen LogP contribution in [-0.2, 0) is 24.2 Å². The lowest BCUT2D eigenvalue weighted by atomic mass is 10.1. The Hall–Kier alpha value is -2.91. The van der Waals surface area contributed by atoms with Crippen LogP contribution in [0.1, 0.15) is 27.2 Å². The Morgan fingerprint density at radius 3 is 2.90 bits per heavy atom. The van der Waals surface area contributed by atoms with Gasteiger partial charge in [-0.15, -0.1) is 17.9 Å². The van der Waals surface area contributed by atoms with Gasteiger partial charge in [0, 0.05) is 11.4 Å². The van der Waals surface area contributed by atoms with E-state index in [1.54, 1.807) is 24.3 Å². The molecule has 0 unspecified atom stereocenters. The molecule has 1 aliphatic carbocycles. The van der Waals surface area contributed by atoms with Crippen LogP contribution in [0.25, 0.3) is 10.9 Å². The maximum Gasteiger partial charge on any atom is 0.262 e. The highest BCUT2D eigenvalue weighted by molar-refractivity contribution is 7.99. The van der Waals surface area contributed by atoms with Crippen molar-refractivity contribution in [1.29, 1.82) is 0 Å². The fourth-order valence-electron chi connectivity index (χ4n) is 3.59. The van der Waals surface area contributed by atoms with Crippen molar-refractivity contribution in [3.05, 3.63) is 63.3 Å². The Morgan fingerprint density at radius 2 is 2.13 bits per heavy atom. The molecule has 9 heteroatoms. The molecular weight excluding hydrogens is 420 g/mol. The summed E-state index contributed by atoms with van der Waals surface area (Å²) in [5.74, 6) is -0.758. The second-order valence-corrected chi connectivity index (χ2v) is 8.93. The third-order valence-electron chi connectivity index (χ3n) is 4.89. The van der Waals surface area contributed by atoms with Gasteiger partial charge in [0.15, 0.2) is 5.16 Å². The van der Waals surface area contributed by atoms with E-state index in [2.05, 4.69) is 16.9 Å². The van der Waals surface area contributed by atoms with Crippen LogP contribution >= 0.6 is 23.1 Å². The van der Waals surface area contributed by atoms with E-state index in [1.165, 1.54) is 27.7 Å². The summed E-state index contributed by atoms with van der Waals surface area (Å²) < 4.78 is 1.50. The highest BCUT2D eigenvalue weighted by Crippen LogP contribution is 2.38. The average Bonchev–Trinajstić information content (AvgIpc) is 3.29. The van der Waals surface area contributed by atoms with Crippen LogP contribution in [0.3, 0.4) is 0 Å². The zero-order valence-electron chi connectivity index (χ0n) is 16.1. The zero-order valence-corrected chi connectivity index (χ0v) is 17.8. The van der Waals surface area contributed by atoms with Gasteiger partial charge < -0.3 is 11.1 Å². The molecule has 0 radical (unpaired) electrons. The van der Waals surface area contributed by atoms with Crippen LogP contribution in [0.5, 0.6) is 0 Å². The van der Waals surface area contributed by atoms with Gasteiger partial charge in [-0.2, -0.15) is 0 Å². The fraction of sp³-hybridized carbons (Fsp3) is 0.238. The number of primary amides is 1. The molecule has 3 aromatic rings. The maximum absolute atomic E-state index is 12.8. The topological polar surface area (TPSA) is 107 Å². The minimum Gasteiger partial charge on any atom is -0.365 e. The molecule has 3 N–H and O–H groups in total. The number of hydrogen-bond donors (Lipinski definition) is 2. The number of anilines is 1. The smallest absolute Gasteiger partial charge is 0.262 e. The van der Waals surface area contributed by atoms with Gasteiger partial charge in [0.25, 0.3) is 11.5 Å². The molecule has 2 amide bonds. The SMILES string of the molecule is C=CCn1c(SCC(=O)Nc2sc3c(c2C(N)=O)CCC3)nc2ccccc2c1=O. The fourth-order valence-corrected chi connectivity index (χ4v) is 5.71. The van der Waals surface area contributed by atoms with Crippen LogP contribution < -0.4 is 16.6 Å². The molecule has 7 nitrogen and oxygen atoms in total. The highest BCUT2D eigenvalue weighted by atomic mass is 32.2. The van der Waals surface area contributed by atoms with Crippen molar-refractivity contribution in [2.24, 2.45) is 5.73 Å². The second kappa shape index (κ2) is 8.45. The highest BCUT2D eigenvalue weighted by Gasteiger charge is 2.26. The van der Waals surface area contributed by atoms with Gasteiger partial charge in [-0.25, -0.2) is 4.98 Å². The van der Waals surface area contributed by atoms with Gasteiger partial charge in [0.05, 0.1) is 22.2 Å². The number of nitrogens with two attached hydrogens (primary N) is 1. The number of hydrogen-bond acceptors (Lipinski definition) is 6. The Morgan fingerprint density at radius 1 is 1.33 bits per heavy atom. The number of thioether (sulfide) groups is 1. The Labute approximate surface area is 181 Å². The molecule has 30 heavy (non-hydrogen) atoms. The lowest BCUT2D eigenvalue weighted by Crippen LogP contribution is -2.24. The molecule has 154 valence electrons. The van der Waals surface area contributed by atoms with Crippen LogP contribution in [0, 0.1) is 0 Å². The Bertz CT molecular complexity index is 1230. The molecule has 0 fully saturated rings. The summed E-state index contributed by atoms with van der Waals surface area (Å²) in [5, 5.41) is 4.29. The van der Waals surface area contributed by atoms with Gasteiger partial charge in [0.1, 0.15) is 5.00 Å². The molecule has 0 spiro atoms. The number of carbonyl (C=O) groups excluding carboxylic acids is 2. The van der Waals surface area contributed by atoms with Gasteiger partial charge in [-0.3, -0.25) is 19.0 Å². The van der Waals surface area contributed by atoms with E-state index in [1.807, 2.05) is 6.07 Å². The number of carbonyl (C=O) groups is 2. The van der Waals surface area contributed by atoms with Crippen molar-refractivity contribution in [1.82, 2.24) is 9.55 Å². The van der Waals surface area contributed by atoms with Crippen LogP contribution in [0.2, 0.25) is 0 Å². The second-order valence-electron chi connectivity index (χ2n) is 6.88. The first-order valence-corrected chi connectivity index (χ1v) is 11.3. The Balaban J connectivity index is 1.56. The summed E-state index contributed by atoms with van der Waals surface area (Å²) in [6, 6.07) is 7.10. The minimum atomic E-state index is -0.520. The number of fused-ring (bicyclic) bond motifs is 2. The van der Waals surface area contributed by atoms with E-state index in [0.717, 1.165) is 29.7 Å². The summed E-state index contributed by atoms with van der Waals surface area (Å²) in [4.78, 5) is 42.9. The number of benzene rings is 1. The largest absolute Gasteiger partial charge is 0.365 e. The van der Waals surface area contributed by atoms with Gasteiger partial charge >= 0.3 is 0 Å². The third-order valence-corrected chi connectivity index (χ3v) is 7.07. The molecule has 4 rings (SSSR count). The van der Waals surface area contributed by atoms with Crippen molar-refractivity contribution >= 4 is 50.8 Å². The van der Waals surface area contributed by atoms with Crippen LogP contribution in [0.15, 0.2) is 46.9 Å². The molecule has 2 aromatic heterocycles. The van der Waals surface area contributed by atoms with Crippen molar-refractivity contribution < 1.29 is 9.59 Å². The normalized spacial score (nSPS) is 12.7. The standard InChI is InChI=1S/C21H20N4O3S2/c1-2-10-25-20(28)12-6-3-4-8-14(12)23-21(25)29-11-16(26)24-19-17(18(22)27)13-7-5-9-15(13)30-19/h2-4,6,8H,1,5,7,9-11H2,(H2,22,27)(H,24,26). The number of rotatable bonds is 7. The van der Waals surface area contributed by atoms with Crippen LogP contribution in [0.4, 0.5) is 5.00 Å². The molecule has 0 atom stereocenters. The monoisotopic (exact) mass is 440 g/mol. The molecule has 1 aromatic carbocycles. The first-order chi connectivity index (χ1) is 14.5. The zero-order chi connectivity index (χ0) is 21.3. The molecule has 0 aliphatic heterocycles. The number of aryl methyl sites for hydroxylation is 1. The number of aromatic nitrogens is 2. The summed E-state index contributed by atoms with van der Waals surface area (Å²) in [6.45, 7) is 4.00. The summed E-state index contributed by atoms with van der Waals surface area (Å²) in [5.41, 5.74) is 7.35. The van der Waals surface area contributed by atoms with Gasteiger partial charge in [0.2, 0.25) is 5.91 Å². The molecular formula is C21H20N4O3S2. The van der Waals surface area contributed by atoms with Gasteiger partial charge in [-0.05, 0) is 37.0 Å². The molecule has 1 aliphatic rings. The lowest BCUT2D eigenvalue weighted by molar-refractivity contribution is -0.113. The average molecular weight is 441 g/mol. The summed E-state index contributed by atoms with van der Waals surface area (Å²) >= 11 is 2.59. The number of allylic oxidation sites excluding steroid dienone is 1. The first-order valence-electron chi connectivity index (χ1n) is 9.47. The van der Waals surface area contributed by atoms with E-state index in [-0.39, 0.29) is 17.2 Å². The third kappa shape index (κ3) is 3.78. The number of amides is 2. The number of para-hydroxylation sites is 1. The molecule has 2 heterocycles. The van der Waals surface area contributed by atoms with Crippen molar-refractivity contribution in [2.45, 2.75) is 31.0 Å². The van der Waals surface area contributed by atoms with E-state index >= 15 is 0 Å². The predicted octanol–water partition coefficient (Wildman–Crippen LogP) is 2.96. The van der Waals surface area contributed by atoms with Crippen molar-refractivity contribution in [2.75, 3.05) is 11.1 Å². The number of thiophene rings is 1. The van der Waals surface area contributed by atoms with Crippen molar-refractivity contribution in [3.63, 3.8) is 0 Å². The Kier molecular flexibility index (Phi) is 5.74. The maximum atomic E-state index is 12.8. The van der Waals surface area contributed by atoms with Crippen molar-refractivity contribution in [3.8, 4) is 0 Å². The molecule has 0 saturated carbocycles. The molecule has 0 saturated heterocycles. The number of nitrogens with zero attached hydrogens (tertiary/aromatic N) is 2. The van der Waals surface area contributed by atoms with E-state index in [9.17, 15) is 14.4 Å². The van der Waals surface area contributed by atoms with E-state index < -0.39 is 5.91 Å². The summed E-state index contributed by atoms with van der Waals surface area (Å²) in [6.07, 6.45) is 4.33. The lowest BCUT2D eigenvalue weighted by Gasteiger charge is -2.11. The first kappa shape index (κ1) is 20.4. The molecule has 0 bridgehead atoms. The van der Waals surface area contributed by atoms with Crippen LogP contribution in [-0.4, -0.2) is 27.1 Å². The number of nitrogens with one attached hydrogen (secondary N) is 1. The minimum absolute atomic E-state index is 0.0443.